The lowest BCUT2D eigenvalue weighted by Gasteiger charge is -2.24. The summed E-state index contributed by atoms with van der Waals surface area (Å²) < 4.78 is 0. The van der Waals surface area contributed by atoms with Gasteiger partial charge in [0.25, 0.3) is 5.91 Å². The Morgan fingerprint density at radius 1 is 1.15 bits per heavy atom. The molecular formula is C20H20ClN3O2. The van der Waals surface area contributed by atoms with Gasteiger partial charge in [-0.3, -0.25) is 9.59 Å². The van der Waals surface area contributed by atoms with Crippen LogP contribution in [0.3, 0.4) is 0 Å². The fourth-order valence-corrected chi connectivity index (χ4v) is 2.91. The number of hydrogen-bond acceptors (Lipinski definition) is 3. The van der Waals surface area contributed by atoms with E-state index >= 15 is 0 Å². The van der Waals surface area contributed by atoms with Gasteiger partial charge in [0.1, 0.15) is 5.71 Å². The molecule has 0 unspecified atom stereocenters. The Labute approximate surface area is 157 Å². The largest absolute Gasteiger partial charge is 0.351 e. The van der Waals surface area contributed by atoms with Crippen LogP contribution in [-0.4, -0.2) is 24.1 Å². The van der Waals surface area contributed by atoms with Crippen molar-refractivity contribution in [2.24, 2.45) is 5.10 Å². The average Bonchev–Trinajstić information content (AvgIpc) is 2.64. The highest BCUT2D eigenvalue weighted by atomic mass is 35.5. The number of nitrogens with one attached hydrogen (secondary N) is 1. The molecule has 0 saturated heterocycles. The van der Waals surface area contributed by atoms with Crippen LogP contribution < -0.4 is 10.3 Å². The first-order valence-corrected chi connectivity index (χ1v) is 8.91. The van der Waals surface area contributed by atoms with E-state index in [1.807, 2.05) is 55.5 Å². The zero-order chi connectivity index (χ0) is 18.5. The highest BCUT2D eigenvalue weighted by molar-refractivity contribution is 6.40. The molecule has 6 heteroatoms. The molecule has 0 aliphatic carbocycles. The van der Waals surface area contributed by atoms with E-state index < -0.39 is 0 Å². The number of amides is 2. The van der Waals surface area contributed by atoms with Crippen molar-refractivity contribution in [1.29, 1.82) is 0 Å². The first-order chi connectivity index (χ1) is 12.5. The summed E-state index contributed by atoms with van der Waals surface area (Å²) in [6.07, 6.45) is 1.34. The summed E-state index contributed by atoms with van der Waals surface area (Å²) in [4.78, 5) is 24.6. The van der Waals surface area contributed by atoms with Crippen molar-refractivity contribution < 1.29 is 9.59 Å². The number of carbonyl (C=O) groups is 2. The second-order valence-electron chi connectivity index (χ2n) is 6.17. The molecule has 1 N–H and O–H groups in total. The van der Waals surface area contributed by atoms with Gasteiger partial charge in [0, 0.05) is 24.4 Å². The number of nitrogens with zero attached hydrogens (tertiary/aromatic N) is 2. The van der Waals surface area contributed by atoms with E-state index in [0.717, 1.165) is 11.1 Å². The van der Waals surface area contributed by atoms with E-state index in [4.69, 9.17) is 11.6 Å². The molecule has 0 bridgehead atoms. The summed E-state index contributed by atoms with van der Waals surface area (Å²) in [6.45, 7) is 2.41. The molecule has 134 valence electrons. The molecule has 2 aromatic rings. The number of para-hydroxylation sites is 1. The van der Waals surface area contributed by atoms with Crippen molar-refractivity contribution in [2.75, 3.05) is 11.6 Å². The summed E-state index contributed by atoms with van der Waals surface area (Å²) in [5.74, 6) is -0.331. The third-order valence-corrected chi connectivity index (χ3v) is 4.50. The lowest BCUT2D eigenvalue weighted by molar-refractivity contribution is -0.118. The molecule has 1 aliphatic rings. The predicted octanol–water partition coefficient (Wildman–Crippen LogP) is 3.49. The molecule has 0 atom stereocenters. The van der Waals surface area contributed by atoms with E-state index in [1.165, 1.54) is 5.01 Å². The lowest BCUT2D eigenvalue weighted by atomic mass is 10.1. The minimum atomic E-state index is -0.231. The van der Waals surface area contributed by atoms with Gasteiger partial charge in [-0.25, -0.2) is 5.01 Å². The minimum absolute atomic E-state index is 0.1000. The Balaban J connectivity index is 1.65. The van der Waals surface area contributed by atoms with Gasteiger partial charge in [-0.15, -0.1) is 0 Å². The first-order valence-electron chi connectivity index (χ1n) is 8.53. The zero-order valence-corrected chi connectivity index (χ0v) is 15.3. The molecule has 0 saturated carbocycles. The van der Waals surface area contributed by atoms with E-state index in [0.29, 0.717) is 35.8 Å². The van der Waals surface area contributed by atoms with Gasteiger partial charge in [-0.2, -0.15) is 5.10 Å². The summed E-state index contributed by atoms with van der Waals surface area (Å²) in [7, 11) is 0. The first kappa shape index (κ1) is 18.1. The van der Waals surface area contributed by atoms with Crippen LogP contribution >= 0.6 is 11.6 Å². The Morgan fingerprint density at radius 2 is 1.88 bits per heavy atom. The molecule has 2 amide bonds. The highest BCUT2D eigenvalue weighted by Crippen LogP contribution is 2.23. The summed E-state index contributed by atoms with van der Waals surface area (Å²) >= 11 is 5.87. The second-order valence-corrected chi connectivity index (χ2v) is 6.61. The van der Waals surface area contributed by atoms with Gasteiger partial charge in [0.05, 0.1) is 5.69 Å². The van der Waals surface area contributed by atoms with Crippen molar-refractivity contribution in [3.05, 3.63) is 64.7 Å². The Hall–Kier alpha value is -2.66. The Morgan fingerprint density at radius 3 is 2.62 bits per heavy atom. The van der Waals surface area contributed by atoms with Gasteiger partial charge in [-0.05, 0) is 42.7 Å². The number of carbonyl (C=O) groups excluding carboxylic acids is 2. The third kappa shape index (κ3) is 4.29. The molecule has 0 spiro atoms. The van der Waals surface area contributed by atoms with Gasteiger partial charge in [-0.1, -0.05) is 41.9 Å². The van der Waals surface area contributed by atoms with Crippen molar-refractivity contribution in [1.82, 2.24) is 5.32 Å². The zero-order valence-electron chi connectivity index (χ0n) is 14.5. The van der Waals surface area contributed by atoms with E-state index in [-0.39, 0.29) is 18.2 Å². The number of halogens is 1. The van der Waals surface area contributed by atoms with Gasteiger partial charge in [0.2, 0.25) is 5.91 Å². The molecule has 0 radical (unpaired) electrons. The monoisotopic (exact) mass is 369 g/mol. The van der Waals surface area contributed by atoms with Crippen LogP contribution in [0.2, 0.25) is 5.02 Å². The molecule has 0 fully saturated rings. The second kappa shape index (κ2) is 8.15. The third-order valence-electron chi connectivity index (χ3n) is 4.25. The fourth-order valence-electron chi connectivity index (χ4n) is 2.78. The van der Waals surface area contributed by atoms with Crippen LogP contribution in [-0.2, 0) is 16.0 Å². The summed E-state index contributed by atoms with van der Waals surface area (Å²) in [5, 5.41) is 9.21. The molecule has 2 aromatic carbocycles. The van der Waals surface area contributed by atoms with E-state index in [2.05, 4.69) is 10.4 Å². The van der Waals surface area contributed by atoms with Crippen LogP contribution in [0.15, 0.2) is 53.6 Å². The van der Waals surface area contributed by atoms with Crippen LogP contribution in [0.5, 0.6) is 0 Å². The number of hydrazone groups is 1. The predicted molar refractivity (Wildman–Crippen MR) is 103 cm³/mol. The molecule has 5 nitrogen and oxygen atoms in total. The fraction of sp³-hybridized carbons (Fsp3) is 0.250. The van der Waals surface area contributed by atoms with Crippen LogP contribution in [0, 0.1) is 6.92 Å². The average molecular weight is 370 g/mol. The van der Waals surface area contributed by atoms with Crippen molar-refractivity contribution in [3.8, 4) is 0 Å². The molecular weight excluding hydrogens is 350 g/mol. The topological polar surface area (TPSA) is 61.8 Å². The Bertz CT molecular complexity index is 846. The van der Waals surface area contributed by atoms with Crippen molar-refractivity contribution in [2.45, 2.75) is 26.2 Å². The quantitative estimate of drug-likeness (QED) is 0.876. The Kier molecular flexibility index (Phi) is 5.68. The number of hydrogen-bond donors (Lipinski definition) is 1. The molecule has 3 rings (SSSR count). The number of benzene rings is 2. The van der Waals surface area contributed by atoms with Crippen LogP contribution in [0.4, 0.5) is 5.69 Å². The maximum atomic E-state index is 12.4. The van der Waals surface area contributed by atoms with E-state index in [9.17, 15) is 9.59 Å². The van der Waals surface area contributed by atoms with Crippen molar-refractivity contribution in [3.63, 3.8) is 0 Å². The van der Waals surface area contributed by atoms with Gasteiger partial charge < -0.3 is 5.32 Å². The summed E-state index contributed by atoms with van der Waals surface area (Å²) in [6, 6.07) is 15.0. The van der Waals surface area contributed by atoms with E-state index in [1.54, 1.807) is 0 Å². The SMILES string of the molecule is Cc1ccccc1N1N=C(C(=O)NCCc2ccc(Cl)cc2)CCC1=O. The molecule has 1 heterocycles. The summed E-state index contributed by atoms with van der Waals surface area (Å²) in [5.41, 5.74) is 3.12. The lowest BCUT2D eigenvalue weighted by Crippen LogP contribution is -2.39. The number of anilines is 1. The van der Waals surface area contributed by atoms with Crippen LogP contribution in [0.25, 0.3) is 0 Å². The maximum Gasteiger partial charge on any atom is 0.267 e. The van der Waals surface area contributed by atoms with Crippen LogP contribution in [0.1, 0.15) is 24.0 Å². The minimum Gasteiger partial charge on any atom is -0.351 e. The standard InChI is InChI=1S/C20H20ClN3O2/c1-14-4-2-3-5-18(14)24-19(25)11-10-17(23-24)20(26)22-13-12-15-6-8-16(21)9-7-15/h2-9H,10-13H2,1H3,(H,22,26). The van der Waals surface area contributed by atoms with Crippen molar-refractivity contribution >= 4 is 34.8 Å². The number of aryl methyl sites for hydroxylation is 1. The highest BCUT2D eigenvalue weighted by Gasteiger charge is 2.26. The molecule has 0 aromatic heterocycles. The normalized spacial score (nSPS) is 14.2. The molecule has 26 heavy (non-hydrogen) atoms. The maximum absolute atomic E-state index is 12.4. The number of rotatable bonds is 5. The molecule has 1 aliphatic heterocycles. The van der Waals surface area contributed by atoms with Gasteiger partial charge >= 0.3 is 0 Å². The smallest absolute Gasteiger partial charge is 0.267 e. The van der Waals surface area contributed by atoms with Gasteiger partial charge in [0.15, 0.2) is 0 Å².